The SMILES string of the molecule is COc1cc(/C=C2\C(=O)NC(=O)N(c3ccc([N+](=O)[O-])cc3)C2=O)cc(I)c1OCc1ccc(F)cc1. The number of amides is 4. The lowest BCUT2D eigenvalue weighted by molar-refractivity contribution is -0.384. The Morgan fingerprint density at radius 1 is 1.08 bits per heavy atom. The fraction of sp³-hybridized carbons (Fsp3) is 0.0800. The van der Waals surface area contributed by atoms with Crippen molar-refractivity contribution in [3.8, 4) is 11.5 Å². The molecule has 0 atom stereocenters. The van der Waals surface area contributed by atoms with E-state index in [-0.39, 0.29) is 29.4 Å². The number of nitrogens with one attached hydrogen (secondary N) is 1. The van der Waals surface area contributed by atoms with Gasteiger partial charge in [0, 0.05) is 12.1 Å². The predicted molar refractivity (Wildman–Crippen MR) is 139 cm³/mol. The lowest BCUT2D eigenvalue weighted by Gasteiger charge is -2.26. The number of nitrogens with zero attached hydrogens (tertiary/aromatic N) is 2. The van der Waals surface area contributed by atoms with Crippen molar-refractivity contribution < 1.29 is 33.2 Å². The Kier molecular flexibility index (Phi) is 7.47. The van der Waals surface area contributed by atoms with Gasteiger partial charge in [-0.1, -0.05) is 12.1 Å². The van der Waals surface area contributed by atoms with Crippen molar-refractivity contribution in [2.75, 3.05) is 12.0 Å². The average molecular weight is 617 g/mol. The monoisotopic (exact) mass is 617 g/mol. The van der Waals surface area contributed by atoms with Crippen molar-refractivity contribution in [3.05, 3.63) is 96.9 Å². The first-order chi connectivity index (χ1) is 17.7. The molecule has 10 nitrogen and oxygen atoms in total. The molecular weight excluding hydrogens is 600 g/mol. The molecule has 0 aliphatic carbocycles. The molecule has 1 aliphatic heterocycles. The third-order valence-electron chi connectivity index (χ3n) is 5.28. The first kappa shape index (κ1) is 25.8. The molecule has 37 heavy (non-hydrogen) atoms. The molecule has 12 heteroatoms. The summed E-state index contributed by atoms with van der Waals surface area (Å²) in [7, 11) is 1.43. The number of barbiturate groups is 1. The second-order valence-electron chi connectivity index (χ2n) is 7.68. The number of hydrogen-bond acceptors (Lipinski definition) is 7. The number of nitro groups is 1. The molecule has 3 aromatic rings. The quantitative estimate of drug-likeness (QED) is 0.135. The highest BCUT2D eigenvalue weighted by atomic mass is 127. The summed E-state index contributed by atoms with van der Waals surface area (Å²) in [5.41, 5.74) is 0.681. The van der Waals surface area contributed by atoms with Gasteiger partial charge in [0.15, 0.2) is 11.5 Å². The maximum absolute atomic E-state index is 13.1. The molecule has 0 saturated carbocycles. The van der Waals surface area contributed by atoms with Gasteiger partial charge in [0.2, 0.25) is 0 Å². The molecule has 188 valence electrons. The largest absolute Gasteiger partial charge is 0.493 e. The van der Waals surface area contributed by atoms with Crippen molar-refractivity contribution in [2.45, 2.75) is 6.61 Å². The number of benzene rings is 3. The fourth-order valence-electron chi connectivity index (χ4n) is 3.48. The van der Waals surface area contributed by atoms with E-state index in [1.807, 2.05) is 22.6 Å². The highest BCUT2D eigenvalue weighted by molar-refractivity contribution is 14.1. The summed E-state index contributed by atoms with van der Waals surface area (Å²) in [6, 6.07) is 12.9. The molecule has 0 radical (unpaired) electrons. The number of halogens is 2. The summed E-state index contributed by atoms with van der Waals surface area (Å²) in [6.07, 6.45) is 1.30. The van der Waals surface area contributed by atoms with Crippen molar-refractivity contribution in [3.63, 3.8) is 0 Å². The van der Waals surface area contributed by atoms with Gasteiger partial charge in [-0.3, -0.25) is 25.0 Å². The van der Waals surface area contributed by atoms with Crippen LogP contribution >= 0.6 is 22.6 Å². The Morgan fingerprint density at radius 2 is 1.76 bits per heavy atom. The molecule has 1 N–H and O–H groups in total. The number of urea groups is 1. The molecular formula is C25H17FIN3O7. The van der Waals surface area contributed by atoms with Crippen LogP contribution in [0.2, 0.25) is 0 Å². The van der Waals surface area contributed by atoms with Crippen molar-refractivity contribution >= 4 is 57.9 Å². The smallest absolute Gasteiger partial charge is 0.335 e. The van der Waals surface area contributed by atoms with Crippen LogP contribution in [0.1, 0.15) is 11.1 Å². The first-order valence-electron chi connectivity index (χ1n) is 10.6. The zero-order valence-electron chi connectivity index (χ0n) is 19.1. The zero-order valence-corrected chi connectivity index (χ0v) is 21.2. The van der Waals surface area contributed by atoms with Crippen LogP contribution in [0.25, 0.3) is 6.08 Å². The van der Waals surface area contributed by atoms with E-state index in [2.05, 4.69) is 5.32 Å². The number of imide groups is 2. The molecule has 0 aromatic heterocycles. The molecule has 1 saturated heterocycles. The minimum absolute atomic E-state index is 0.0585. The van der Waals surface area contributed by atoms with Gasteiger partial charge in [0.25, 0.3) is 17.5 Å². The molecule has 0 unspecified atom stereocenters. The zero-order chi connectivity index (χ0) is 26.7. The van der Waals surface area contributed by atoms with Gasteiger partial charge in [-0.25, -0.2) is 14.1 Å². The molecule has 1 aliphatic rings. The summed E-state index contributed by atoms with van der Waals surface area (Å²) in [6.45, 7) is 0.153. The van der Waals surface area contributed by atoms with Gasteiger partial charge in [-0.15, -0.1) is 0 Å². The van der Waals surface area contributed by atoms with Crippen LogP contribution in [0.4, 0.5) is 20.6 Å². The predicted octanol–water partition coefficient (Wildman–Crippen LogP) is 4.59. The Balaban J connectivity index is 1.62. The Labute approximate surface area is 223 Å². The van der Waals surface area contributed by atoms with Crippen LogP contribution in [0.5, 0.6) is 11.5 Å². The Hall–Kier alpha value is -4.33. The number of hydrogen-bond donors (Lipinski definition) is 1. The number of methoxy groups -OCH3 is 1. The number of nitro benzene ring substituents is 1. The van der Waals surface area contributed by atoms with E-state index in [9.17, 15) is 28.9 Å². The molecule has 1 fully saturated rings. The number of non-ortho nitro benzene ring substituents is 1. The standard InChI is InChI=1S/C25H17FIN3O7/c1-36-21-12-15(11-20(27)22(21)37-13-14-2-4-16(26)5-3-14)10-19-23(31)28-25(33)29(24(19)32)17-6-8-18(9-7-17)30(34)35/h2-12H,13H2,1H3,(H,28,31,33)/b19-10+. The van der Waals surface area contributed by atoms with Gasteiger partial charge >= 0.3 is 6.03 Å². The van der Waals surface area contributed by atoms with Gasteiger partial charge in [0.1, 0.15) is 18.0 Å². The van der Waals surface area contributed by atoms with Crippen LogP contribution in [0.3, 0.4) is 0 Å². The van der Waals surface area contributed by atoms with Crippen LogP contribution in [-0.2, 0) is 16.2 Å². The maximum Gasteiger partial charge on any atom is 0.335 e. The van der Waals surface area contributed by atoms with Crippen LogP contribution in [0, 0.1) is 19.5 Å². The number of carbonyl (C=O) groups excluding carboxylic acids is 3. The highest BCUT2D eigenvalue weighted by Gasteiger charge is 2.37. The Morgan fingerprint density at radius 3 is 2.38 bits per heavy atom. The fourth-order valence-corrected chi connectivity index (χ4v) is 4.26. The topological polar surface area (TPSA) is 128 Å². The second kappa shape index (κ2) is 10.7. The lowest BCUT2D eigenvalue weighted by Crippen LogP contribution is -2.54. The van der Waals surface area contributed by atoms with E-state index in [1.165, 1.54) is 37.5 Å². The highest BCUT2D eigenvalue weighted by Crippen LogP contribution is 2.35. The first-order valence-corrected chi connectivity index (χ1v) is 11.7. The van der Waals surface area contributed by atoms with E-state index in [0.29, 0.717) is 20.6 Å². The molecule has 3 aromatic carbocycles. The third kappa shape index (κ3) is 5.58. The molecule has 4 amide bonds. The summed E-state index contributed by atoms with van der Waals surface area (Å²) in [5, 5.41) is 13.0. The summed E-state index contributed by atoms with van der Waals surface area (Å²) >= 11 is 2.01. The molecule has 0 bridgehead atoms. The number of rotatable bonds is 7. The molecule has 0 spiro atoms. The van der Waals surface area contributed by atoms with E-state index in [1.54, 1.807) is 24.3 Å². The van der Waals surface area contributed by atoms with E-state index < -0.39 is 22.8 Å². The summed E-state index contributed by atoms with van der Waals surface area (Å²) in [5.74, 6) is -1.40. The van der Waals surface area contributed by atoms with E-state index >= 15 is 0 Å². The van der Waals surface area contributed by atoms with Crippen molar-refractivity contribution in [1.29, 1.82) is 0 Å². The van der Waals surface area contributed by atoms with E-state index in [0.717, 1.165) is 22.6 Å². The third-order valence-corrected chi connectivity index (χ3v) is 6.08. The molecule has 4 rings (SSSR count). The van der Waals surface area contributed by atoms with Gasteiger partial charge in [-0.2, -0.15) is 0 Å². The normalized spacial score (nSPS) is 14.5. The minimum Gasteiger partial charge on any atom is -0.493 e. The second-order valence-corrected chi connectivity index (χ2v) is 8.84. The number of ether oxygens (including phenoxy) is 2. The maximum atomic E-state index is 13.1. The van der Waals surface area contributed by atoms with Gasteiger partial charge in [-0.05, 0) is 76.2 Å². The van der Waals surface area contributed by atoms with Crippen LogP contribution in [-0.4, -0.2) is 29.9 Å². The van der Waals surface area contributed by atoms with Crippen molar-refractivity contribution in [1.82, 2.24) is 5.32 Å². The van der Waals surface area contributed by atoms with Gasteiger partial charge < -0.3 is 9.47 Å². The van der Waals surface area contributed by atoms with Crippen LogP contribution in [0.15, 0.2) is 66.2 Å². The minimum atomic E-state index is -0.974. The Bertz CT molecular complexity index is 1440. The number of carbonyl (C=O) groups is 3. The number of anilines is 1. The van der Waals surface area contributed by atoms with E-state index in [4.69, 9.17) is 9.47 Å². The lowest BCUT2D eigenvalue weighted by atomic mass is 10.1. The van der Waals surface area contributed by atoms with Gasteiger partial charge in [0.05, 0.1) is 21.3 Å². The van der Waals surface area contributed by atoms with Crippen LogP contribution < -0.4 is 19.7 Å². The van der Waals surface area contributed by atoms with Crippen molar-refractivity contribution in [2.24, 2.45) is 0 Å². The average Bonchev–Trinajstić information content (AvgIpc) is 2.86. The summed E-state index contributed by atoms with van der Waals surface area (Å²) < 4.78 is 25.1. The summed E-state index contributed by atoms with van der Waals surface area (Å²) in [4.78, 5) is 49.0. The molecule has 1 heterocycles.